The smallest absolute Gasteiger partial charge is 0.280 e. The first-order valence-electron chi connectivity index (χ1n) is 10.6. The van der Waals surface area contributed by atoms with Crippen LogP contribution in [0.15, 0.2) is 42.5 Å². The average Bonchev–Trinajstić information content (AvgIpc) is 2.76. The first kappa shape index (κ1) is 24.3. The number of hydrogen-bond acceptors (Lipinski definition) is 2. The van der Waals surface area contributed by atoms with Crippen molar-refractivity contribution >= 4 is 55.6 Å². The second kappa shape index (κ2) is 11.5. The molecule has 0 fully saturated rings. The number of amides is 2. The van der Waals surface area contributed by atoms with Crippen molar-refractivity contribution in [2.24, 2.45) is 0 Å². The Morgan fingerprint density at radius 2 is 1.77 bits per heavy atom. The van der Waals surface area contributed by atoms with Gasteiger partial charge in [-0.25, -0.2) is 0 Å². The van der Waals surface area contributed by atoms with E-state index in [9.17, 15) is 9.59 Å². The fourth-order valence-electron chi connectivity index (χ4n) is 4.36. The molecule has 0 unspecified atom stereocenters. The summed E-state index contributed by atoms with van der Waals surface area (Å²) in [6.07, 6.45) is 5.05. The Bertz CT molecular complexity index is 938. The van der Waals surface area contributed by atoms with E-state index in [1.165, 1.54) is 11.1 Å². The van der Waals surface area contributed by atoms with Gasteiger partial charge in [0.25, 0.3) is 3.91 Å². The van der Waals surface area contributed by atoms with Crippen LogP contribution >= 0.6 is 45.8 Å². The van der Waals surface area contributed by atoms with Crippen LogP contribution in [-0.4, -0.2) is 28.3 Å². The second-order valence-corrected chi connectivity index (χ2v) is 9.76. The molecule has 1 aliphatic rings. The number of rotatable bonds is 8. The molecule has 0 bridgehead atoms. The highest BCUT2D eigenvalue weighted by Crippen LogP contribution is 2.44. The van der Waals surface area contributed by atoms with Crippen LogP contribution in [0.3, 0.4) is 0 Å². The second-order valence-electron chi connectivity index (χ2n) is 7.96. The number of benzene rings is 2. The summed E-state index contributed by atoms with van der Waals surface area (Å²) in [5, 5.41) is 3.92. The number of carbonyl (C=O) groups excluding carboxylic acids is 2. The van der Waals surface area contributed by atoms with Gasteiger partial charge >= 0.3 is 0 Å². The molecule has 0 heterocycles. The Morgan fingerprint density at radius 1 is 1.03 bits per heavy atom. The molecule has 0 aromatic heterocycles. The lowest BCUT2D eigenvalue weighted by Crippen LogP contribution is -2.34. The monoisotopic (exact) mass is 572 g/mol. The van der Waals surface area contributed by atoms with Crippen molar-refractivity contribution in [3.8, 4) is 0 Å². The Balaban J connectivity index is 1.65. The van der Waals surface area contributed by atoms with Gasteiger partial charge in [0, 0.05) is 48.5 Å². The minimum absolute atomic E-state index is 0.0384. The van der Waals surface area contributed by atoms with Crippen LogP contribution < -0.4 is 5.32 Å². The van der Waals surface area contributed by atoms with Crippen LogP contribution in [-0.2, 0) is 4.79 Å². The number of halogens is 3. The molecule has 31 heavy (non-hydrogen) atoms. The summed E-state index contributed by atoms with van der Waals surface area (Å²) in [7, 11) is 1.92. The average molecular weight is 573 g/mol. The zero-order valence-corrected chi connectivity index (χ0v) is 21.2. The van der Waals surface area contributed by atoms with Crippen LogP contribution in [0.25, 0.3) is 0 Å². The standard InChI is InChI=1S/C24H27Cl2IN2O2/c1-29(23(30)9-3-2-6-14-28-24(27)31)22-13-11-17(18-7-4-5-8-19(18)22)16-10-12-20(25)21(26)15-16/h4-5,7-8,10,12,15,17,22H,2-3,6,9,11,13-14H2,1H3,(H,28,31)/t17-,22-/m0/s1. The predicted octanol–water partition coefficient (Wildman–Crippen LogP) is 7.12. The van der Waals surface area contributed by atoms with E-state index in [0.29, 0.717) is 23.0 Å². The van der Waals surface area contributed by atoms with Gasteiger partial charge in [-0.1, -0.05) is 60.0 Å². The van der Waals surface area contributed by atoms with E-state index in [1.807, 2.05) is 36.2 Å². The molecule has 0 saturated heterocycles. The van der Waals surface area contributed by atoms with E-state index in [1.54, 1.807) is 22.6 Å². The first-order chi connectivity index (χ1) is 14.9. The van der Waals surface area contributed by atoms with Crippen molar-refractivity contribution in [3.63, 3.8) is 0 Å². The molecule has 0 radical (unpaired) electrons. The molecule has 2 amide bonds. The summed E-state index contributed by atoms with van der Waals surface area (Å²) < 4.78 is -0.0384. The van der Waals surface area contributed by atoms with Gasteiger partial charge in [-0.15, -0.1) is 0 Å². The third-order valence-corrected chi connectivity index (χ3v) is 7.12. The summed E-state index contributed by atoms with van der Waals surface area (Å²) in [6, 6.07) is 14.3. The molecule has 2 atom stereocenters. The van der Waals surface area contributed by atoms with E-state index in [4.69, 9.17) is 23.2 Å². The fourth-order valence-corrected chi connectivity index (χ4v) is 4.94. The maximum Gasteiger partial charge on any atom is 0.280 e. The van der Waals surface area contributed by atoms with E-state index < -0.39 is 0 Å². The van der Waals surface area contributed by atoms with Crippen molar-refractivity contribution in [2.75, 3.05) is 13.6 Å². The highest BCUT2D eigenvalue weighted by atomic mass is 127. The normalized spacial score (nSPS) is 17.7. The van der Waals surface area contributed by atoms with Crippen molar-refractivity contribution in [2.45, 2.75) is 50.5 Å². The number of fused-ring (bicyclic) bond motifs is 1. The maximum atomic E-state index is 12.8. The molecule has 2 aromatic rings. The van der Waals surface area contributed by atoms with Gasteiger partial charge in [0.2, 0.25) is 5.91 Å². The largest absolute Gasteiger partial charge is 0.348 e. The maximum absolute atomic E-state index is 12.8. The zero-order chi connectivity index (χ0) is 22.4. The summed E-state index contributed by atoms with van der Waals surface area (Å²) >= 11 is 14.1. The molecule has 1 aliphatic carbocycles. The number of hydrogen-bond donors (Lipinski definition) is 1. The minimum Gasteiger partial charge on any atom is -0.348 e. The quantitative estimate of drug-likeness (QED) is 0.158. The Hall–Kier alpha value is -1.31. The van der Waals surface area contributed by atoms with Gasteiger partial charge in [0.15, 0.2) is 0 Å². The topological polar surface area (TPSA) is 49.4 Å². The highest BCUT2D eigenvalue weighted by Gasteiger charge is 2.32. The lowest BCUT2D eigenvalue weighted by atomic mass is 9.76. The molecule has 2 aromatic carbocycles. The SMILES string of the molecule is CN(C(=O)CCCCCNC(=O)I)[C@H]1CC[C@@H](c2ccc(Cl)c(Cl)c2)c2ccccc21. The number of unbranched alkanes of at least 4 members (excludes halogenated alkanes) is 2. The van der Waals surface area contributed by atoms with E-state index in [0.717, 1.165) is 37.7 Å². The number of carbonyl (C=O) groups is 2. The summed E-state index contributed by atoms with van der Waals surface area (Å²) in [4.78, 5) is 25.7. The lowest BCUT2D eigenvalue weighted by Gasteiger charge is -2.37. The fraction of sp³-hybridized carbons (Fsp3) is 0.417. The van der Waals surface area contributed by atoms with Gasteiger partial charge in [-0.3, -0.25) is 9.59 Å². The van der Waals surface area contributed by atoms with Crippen molar-refractivity contribution in [1.29, 1.82) is 0 Å². The van der Waals surface area contributed by atoms with Gasteiger partial charge in [-0.2, -0.15) is 0 Å². The molecule has 7 heteroatoms. The van der Waals surface area contributed by atoms with E-state index in [2.05, 4.69) is 23.5 Å². The predicted molar refractivity (Wildman–Crippen MR) is 135 cm³/mol. The molecule has 3 rings (SSSR count). The Kier molecular flexibility index (Phi) is 9.05. The van der Waals surface area contributed by atoms with E-state index >= 15 is 0 Å². The first-order valence-corrected chi connectivity index (χ1v) is 12.4. The summed E-state index contributed by atoms with van der Waals surface area (Å²) in [5.41, 5.74) is 3.63. The Morgan fingerprint density at radius 3 is 2.48 bits per heavy atom. The lowest BCUT2D eigenvalue weighted by molar-refractivity contribution is -0.132. The van der Waals surface area contributed by atoms with Crippen LogP contribution in [0, 0.1) is 0 Å². The van der Waals surface area contributed by atoms with Crippen molar-refractivity contribution < 1.29 is 9.59 Å². The van der Waals surface area contributed by atoms with Gasteiger partial charge < -0.3 is 10.2 Å². The Labute approximate surface area is 207 Å². The van der Waals surface area contributed by atoms with Crippen molar-refractivity contribution in [3.05, 3.63) is 69.2 Å². The van der Waals surface area contributed by atoms with Gasteiger partial charge in [0.1, 0.15) is 0 Å². The van der Waals surface area contributed by atoms with Crippen molar-refractivity contribution in [1.82, 2.24) is 10.2 Å². The molecule has 166 valence electrons. The minimum atomic E-state index is -0.0384. The third kappa shape index (κ3) is 6.36. The number of nitrogens with one attached hydrogen (secondary N) is 1. The number of nitrogens with zero attached hydrogens (tertiary/aromatic N) is 1. The van der Waals surface area contributed by atoms with Gasteiger partial charge in [0.05, 0.1) is 16.1 Å². The molecule has 0 saturated carbocycles. The molecule has 0 spiro atoms. The van der Waals surface area contributed by atoms with Crippen LogP contribution in [0.1, 0.15) is 67.2 Å². The zero-order valence-electron chi connectivity index (χ0n) is 17.5. The summed E-state index contributed by atoms with van der Waals surface area (Å²) in [6.45, 7) is 0.665. The molecule has 4 nitrogen and oxygen atoms in total. The highest BCUT2D eigenvalue weighted by molar-refractivity contribution is 14.1. The third-order valence-electron chi connectivity index (χ3n) is 6.00. The van der Waals surface area contributed by atoms with Crippen LogP contribution in [0.4, 0.5) is 4.79 Å². The molecular weight excluding hydrogens is 546 g/mol. The van der Waals surface area contributed by atoms with E-state index in [-0.39, 0.29) is 21.8 Å². The summed E-state index contributed by atoms with van der Waals surface area (Å²) in [5.74, 6) is 0.421. The molecule has 0 aliphatic heterocycles. The molecular formula is C24H27Cl2IN2O2. The van der Waals surface area contributed by atoms with Crippen LogP contribution in [0.5, 0.6) is 0 Å². The van der Waals surface area contributed by atoms with Crippen LogP contribution in [0.2, 0.25) is 10.0 Å². The molecule has 1 N–H and O–H groups in total. The van der Waals surface area contributed by atoms with Gasteiger partial charge in [-0.05, 0) is 54.5 Å².